The maximum Gasteiger partial charge on any atom is 0.273 e. The molecule has 2 heterocycles. The number of aromatic nitrogens is 2. The summed E-state index contributed by atoms with van der Waals surface area (Å²) in [7, 11) is 1.75. The fraction of sp³-hybridized carbons (Fsp3) is 0.692. The van der Waals surface area contributed by atoms with Crippen LogP contribution < -0.4 is 11.1 Å². The first-order chi connectivity index (χ1) is 9.06. The Morgan fingerprint density at radius 1 is 1.53 bits per heavy atom. The minimum atomic E-state index is -0.191. The molecule has 1 aliphatic heterocycles. The van der Waals surface area contributed by atoms with Crippen LogP contribution in [0.2, 0.25) is 0 Å². The molecule has 3 N–H and O–H groups in total. The predicted molar refractivity (Wildman–Crippen MR) is 74.8 cm³/mol. The molecule has 1 amide bonds. The standard InChI is InChI=1S/C13H23N5O/c1-10-3-6-18(7-4-10)8-5-15-13(19)12-11(14)9-17(2)16-12/h9-10H,3-8,14H2,1-2H3,(H,15,19). The number of carbonyl (C=O) groups excluding carboxylic acids is 1. The maximum absolute atomic E-state index is 11.9. The van der Waals surface area contributed by atoms with E-state index in [-0.39, 0.29) is 5.91 Å². The van der Waals surface area contributed by atoms with E-state index in [1.165, 1.54) is 12.8 Å². The van der Waals surface area contributed by atoms with Crippen LogP contribution in [0.1, 0.15) is 30.3 Å². The van der Waals surface area contributed by atoms with E-state index in [1.54, 1.807) is 17.9 Å². The number of hydrogen-bond acceptors (Lipinski definition) is 4. The molecule has 0 saturated carbocycles. The molecule has 19 heavy (non-hydrogen) atoms. The first kappa shape index (κ1) is 13.9. The highest BCUT2D eigenvalue weighted by atomic mass is 16.2. The molecule has 1 aliphatic rings. The second-order valence-corrected chi connectivity index (χ2v) is 5.39. The number of hydrogen-bond donors (Lipinski definition) is 2. The van der Waals surface area contributed by atoms with Crippen molar-refractivity contribution < 1.29 is 4.79 Å². The zero-order chi connectivity index (χ0) is 13.8. The SMILES string of the molecule is CC1CCN(CCNC(=O)c2nn(C)cc2N)CC1. The Bertz CT molecular complexity index is 434. The van der Waals surface area contributed by atoms with Crippen LogP contribution in [0.3, 0.4) is 0 Å². The summed E-state index contributed by atoms with van der Waals surface area (Å²) in [5.74, 6) is 0.641. The molecule has 106 valence electrons. The zero-order valence-corrected chi connectivity index (χ0v) is 11.7. The first-order valence-electron chi connectivity index (χ1n) is 6.86. The van der Waals surface area contributed by atoms with E-state index in [9.17, 15) is 4.79 Å². The van der Waals surface area contributed by atoms with E-state index in [2.05, 4.69) is 22.2 Å². The van der Waals surface area contributed by atoms with Crippen molar-refractivity contribution in [1.82, 2.24) is 20.0 Å². The highest BCUT2D eigenvalue weighted by Crippen LogP contribution is 2.15. The van der Waals surface area contributed by atoms with Crippen molar-refractivity contribution in [2.75, 3.05) is 31.9 Å². The zero-order valence-electron chi connectivity index (χ0n) is 11.7. The van der Waals surface area contributed by atoms with Crippen LogP contribution in [-0.4, -0.2) is 46.8 Å². The van der Waals surface area contributed by atoms with Gasteiger partial charge in [-0.15, -0.1) is 0 Å². The average molecular weight is 265 g/mol. The average Bonchev–Trinajstić information content (AvgIpc) is 2.71. The van der Waals surface area contributed by atoms with Crippen molar-refractivity contribution >= 4 is 11.6 Å². The van der Waals surface area contributed by atoms with Crippen molar-refractivity contribution in [2.24, 2.45) is 13.0 Å². The topological polar surface area (TPSA) is 76.2 Å². The number of likely N-dealkylation sites (tertiary alicyclic amines) is 1. The van der Waals surface area contributed by atoms with Gasteiger partial charge in [0.05, 0.1) is 5.69 Å². The molecule has 0 radical (unpaired) electrons. The van der Waals surface area contributed by atoms with Crippen LogP contribution in [0, 0.1) is 5.92 Å². The lowest BCUT2D eigenvalue weighted by Gasteiger charge is -2.30. The summed E-state index contributed by atoms with van der Waals surface area (Å²) in [5, 5.41) is 6.93. The monoisotopic (exact) mass is 265 g/mol. The van der Waals surface area contributed by atoms with Gasteiger partial charge in [0, 0.05) is 26.3 Å². The highest BCUT2D eigenvalue weighted by Gasteiger charge is 2.16. The van der Waals surface area contributed by atoms with Crippen LogP contribution in [0.4, 0.5) is 5.69 Å². The van der Waals surface area contributed by atoms with E-state index >= 15 is 0 Å². The third-order valence-corrected chi connectivity index (χ3v) is 3.66. The van der Waals surface area contributed by atoms with E-state index < -0.39 is 0 Å². The van der Waals surface area contributed by atoms with Crippen molar-refractivity contribution in [3.63, 3.8) is 0 Å². The maximum atomic E-state index is 11.9. The van der Waals surface area contributed by atoms with Gasteiger partial charge >= 0.3 is 0 Å². The number of nitrogens with zero attached hydrogens (tertiary/aromatic N) is 3. The lowest BCUT2D eigenvalue weighted by Crippen LogP contribution is -2.39. The quantitative estimate of drug-likeness (QED) is 0.829. The largest absolute Gasteiger partial charge is 0.396 e. The number of nitrogen functional groups attached to an aromatic ring is 1. The van der Waals surface area contributed by atoms with E-state index in [0.717, 1.165) is 25.6 Å². The van der Waals surface area contributed by atoms with Gasteiger partial charge in [-0.25, -0.2) is 0 Å². The molecule has 6 heteroatoms. The van der Waals surface area contributed by atoms with Crippen LogP contribution in [0.15, 0.2) is 6.20 Å². The third kappa shape index (κ3) is 3.70. The molecular formula is C13H23N5O. The van der Waals surface area contributed by atoms with E-state index in [4.69, 9.17) is 5.73 Å². The van der Waals surface area contributed by atoms with Gasteiger partial charge in [0.15, 0.2) is 5.69 Å². The normalized spacial score (nSPS) is 17.6. The Labute approximate surface area is 113 Å². The van der Waals surface area contributed by atoms with Crippen molar-refractivity contribution in [2.45, 2.75) is 19.8 Å². The van der Waals surface area contributed by atoms with Gasteiger partial charge in [0.25, 0.3) is 5.91 Å². The minimum Gasteiger partial charge on any atom is -0.396 e. The summed E-state index contributed by atoms with van der Waals surface area (Å²) in [6.45, 7) is 6.09. The van der Waals surface area contributed by atoms with Crippen LogP contribution in [0.5, 0.6) is 0 Å². The Balaban J connectivity index is 1.74. The number of carbonyl (C=O) groups is 1. The molecule has 1 saturated heterocycles. The molecule has 0 spiro atoms. The number of anilines is 1. The Hall–Kier alpha value is -1.56. The van der Waals surface area contributed by atoms with Gasteiger partial charge in [0.2, 0.25) is 0 Å². The van der Waals surface area contributed by atoms with Gasteiger partial charge in [-0.3, -0.25) is 9.48 Å². The fourth-order valence-corrected chi connectivity index (χ4v) is 2.38. The number of amides is 1. The van der Waals surface area contributed by atoms with Gasteiger partial charge in [-0.1, -0.05) is 6.92 Å². The predicted octanol–water partition coefficient (Wildman–Crippen LogP) is 0.464. The minimum absolute atomic E-state index is 0.191. The molecule has 0 aromatic carbocycles. The van der Waals surface area contributed by atoms with Crippen LogP contribution in [-0.2, 0) is 7.05 Å². The molecule has 0 atom stereocenters. The van der Waals surface area contributed by atoms with Gasteiger partial charge in [-0.2, -0.15) is 5.10 Å². The smallest absolute Gasteiger partial charge is 0.273 e. The first-order valence-corrected chi connectivity index (χ1v) is 6.86. The molecule has 0 bridgehead atoms. The lowest BCUT2D eigenvalue weighted by atomic mass is 9.99. The summed E-state index contributed by atoms with van der Waals surface area (Å²) in [4.78, 5) is 14.3. The molecule has 6 nitrogen and oxygen atoms in total. The Morgan fingerprint density at radius 2 is 2.21 bits per heavy atom. The van der Waals surface area contributed by atoms with E-state index in [1.807, 2.05) is 0 Å². The fourth-order valence-electron chi connectivity index (χ4n) is 2.38. The van der Waals surface area contributed by atoms with Crippen molar-refractivity contribution in [1.29, 1.82) is 0 Å². The summed E-state index contributed by atoms with van der Waals surface area (Å²) in [5.41, 5.74) is 6.46. The number of nitrogens with two attached hydrogens (primary N) is 1. The molecule has 2 rings (SSSR count). The molecule has 1 fully saturated rings. The number of nitrogens with one attached hydrogen (secondary N) is 1. The Morgan fingerprint density at radius 3 is 2.79 bits per heavy atom. The van der Waals surface area contributed by atoms with E-state index in [0.29, 0.717) is 17.9 Å². The summed E-state index contributed by atoms with van der Waals surface area (Å²) in [6, 6.07) is 0. The second kappa shape index (κ2) is 6.06. The molecule has 0 aliphatic carbocycles. The third-order valence-electron chi connectivity index (χ3n) is 3.66. The summed E-state index contributed by atoms with van der Waals surface area (Å²) >= 11 is 0. The molecule has 1 aromatic rings. The van der Waals surface area contributed by atoms with Crippen molar-refractivity contribution in [3.8, 4) is 0 Å². The summed E-state index contributed by atoms with van der Waals surface area (Å²) < 4.78 is 1.55. The van der Waals surface area contributed by atoms with Crippen molar-refractivity contribution in [3.05, 3.63) is 11.9 Å². The second-order valence-electron chi connectivity index (χ2n) is 5.39. The number of aryl methyl sites for hydroxylation is 1. The Kier molecular flexibility index (Phi) is 4.42. The molecular weight excluding hydrogens is 242 g/mol. The van der Waals surface area contributed by atoms with Gasteiger partial charge < -0.3 is 16.0 Å². The van der Waals surface area contributed by atoms with Crippen LogP contribution >= 0.6 is 0 Å². The highest BCUT2D eigenvalue weighted by molar-refractivity contribution is 5.96. The number of piperidine rings is 1. The lowest BCUT2D eigenvalue weighted by molar-refractivity contribution is 0.0939. The van der Waals surface area contributed by atoms with Gasteiger partial charge in [-0.05, 0) is 31.8 Å². The van der Waals surface area contributed by atoms with Gasteiger partial charge in [0.1, 0.15) is 0 Å². The summed E-state index contributed by atoms with van der Waals surface area (Å²) in [6.07, 6.45) is 4.14. The van der Waals surface area contributed by atoms with Crippen LogP contribution in [0.25, 0.3) is 0 Å². The number of rotatable bonds is 4. The molecule has 1 aromatic heterocycles. The molecule has 0 unspecified atom stereocenters.